The summed E-state index contributed by atoms with van der Waals surface area (Å²) in [4.78, 5) is 30.0. The Bertz CT molecular complexity index is 789. The number of aliphatic carboxylic acids is 1. The van der Waals surface area contributed by atoms with Crippen LogP contribution in [0.3, 0.4) is 0 Å². The summed E-state index contributed by atoms with van der Waals surface area (Å²) in [6, 6.07) is 8.59. The Balaban J connectivity index is 1.86. The number of carboxylic acids is 1. The van der Waals surface area contributed by atoms with Gasteiger partial charge in [0.05, 0.1) is 6.42 Å². The van der Waals surface area contributed by atoms with Gasteiger partial charge in [0.1, 0.15) is 6.04 Å². The molecule has 0 aliphatic carbocycles. The Kier molecular flexibility index (Phi) is 4.66. The molecule has 6 heteroatoms. The van der Waals surface area contributed by atoms with E-state index in [0.29, 0.717) is 13.0 Å². The van der Waals surface area contributed by atoms with Crippen molar-refractivity contribution in [3.63, 3.8) is 0 Å². The molecule has 0 bridgehead atoms. The number of amides is 1. The first-order chi connectivity index (χ1) is 11.5. The van der Waals surface area contributed by atoms with Gasteiger partial charge in [-0.1, -0.05) is 34.1 Å². The van der Waals surface area contributed by atoms with Crippen molar-refractivity contribution in [2.75, 3.05) is 0 Å². The summed E-state index contributed by atoms with van der Waals surface area (Å²) in [5.74, 6) is -1.18. The molecule has 0 fully saturated rings. The number of carbonyl (C=O) groups excluding carboxylic acids is 1. The molecule has 1 aromatic carbocycles. The van der Waals surface area contributed by atoms with E-state index in [-0.39, 0.29) is 12.3 Å². The minimum atomic E-state index is -0.980. The van der Waals surface area contributed by atoms with E-state index in [0.717, 1.165) is 26.9 Å². The summed E-state index contributed by atoms with van der Waals surface area (Å²) in [5.41, 5.74) is 3.62. The van der Waals surface area contributed by atoms with Gasteiger partial charge in [-0.2, -0.15) is 0 Å². The van der Waals surface area contributed by atoms with E-state index in [4.69, 9.17) is 0 Å². The highest BCUT2D eigenvalue weighted by Gasteiger charge is 2.35. The van der Waals surface area contributed by atoms with E-state index < -0.39 is 12.0 Å². The minimum absolute atomic E-state index is 0.153. The predicted molar refractivity (Wildman–Crippen MR) is 92.5 cm³/mol. The normalized spacial score (nSPS) is 16.6. The molecule has 2 heterocycles. The fourth-order valence-corrected chi connectivity index (χ4v) is 3.51. The van der Waals surface area contributed by atoms with E-state index in [9.17, 15) is 14.7 Å². The highest BCUT2D eigenvalue weighted by Crippen LogP contribution is 2.30. The van der Waals surface area contributed by atoms with Gasteiger partial charge in [-0.25, -0.2) is 4.79 Å². The Morgan fingerprint density at radius 1 is 1.33 bits per heavy atom. The van der Waals surface area contributed by atoms with Gasteiger partial charge in [-0.15, -0.1) is 0 Å². The van der Waals surface area contributed by atoms with Gasteiger partial charge in [0.15, 0.2) is 0 Å². The third-order valence-electron chi connectivity index (χ3n) is 4.26. The highest BCUT2D eigenvalue weighted by atomic mass is 79.9. The summed E-state index contributed by atoms with van der Waals surface area (Å²) in [6.07, 6.45) is 2.13. The first-order valence-electron chi connectivity index (χ1n) is 7.66. The van der Waals surface area contributed by atoms with Gasteiger partial charge < -0.3 is 10.0 Å². The Hall–Kier alpha value is -2.21. The molecule has 0 spiro atoms. The average Bonchev–Trinajstić information content (AvgIpc) is 2.56. The molecule has 0 saturated carbocycles. The van der Waals surface area contributed by atoms with Gasteiger partial charge in [0.2, 0.25) is 5.91 Å². The molecule has 2 aromatic rings. The number of rotatable bonds is 3. The third kappa shape index (κ3) is 3.33. The number of nitrogens with zero attached hydrogens (tertiary/aromatic N) is 2. The number of pyridine rings is 1. The molecule has 1 aliphatic heterocycles. The second-order valence-electron chi connectivity index (χ2n) is 5.94. The molecule has 0 saturated heterocycles. The minimum Gasteiger partial charge on any atom is -0.480 e. The van der Waals surface area contributed by atoms with Crippen LogP contribution in [0.4, 0.5) is 0 Å². The van der Waals surface area contributed by atoms with Crippen LogP contribution < -0.4 is 0 Å². The lowest BCUT2D eigenvalue weighted by molar-refractivity contribution is -0.151. The van der Waals surface area contributed by atoms with E-state index in [1.807, 2.05) is 37.3 Å². The monoisotopic (exact) mass is 388 g/mol. The van der Waals surface area contributed by atoms with Gasteiger partial charge in [-0.3, -0.25) is 9.78 Å². The predicted octanol–water partition coefficient (Wildman–Crippen LogP) is 2.73. The van der Waals surface area contributed by atoms with Gasteiger partial charge in [0, 0.05) is 29.3 Å². The molecule has 5 nitrogen and oxygen atoms in total. The van der Waals surface area contributed by atoms with Crippen molar-refractivity contribution >= 4 is 27.8 Å². The number of hydrogen-bond donors (Lipinski definition) is 1. The van der Waals surface area contributed by atoms with Crippen LogP contribution in [-0.2, 0) is 29.0 Å². The van der Waals surface area contributed by atoms with Crippen molar-refractivity contribution in [2.45, 2.75) is 32.4 Å². The first kappa shape index (κ1) is 16.6. The zero-order valence-corrected chi connectivity index (χ0v) is 14.8. The lowest BCUT2D eigenvalue weighted by Crippen LogP contribution is -2.49. The zero-order chi connectivity index (χ0) is 17.3. The zero-order valence-electron chi connectivity index (χ0n) is 13.2. The third-order valence-corrected chi connectivity index (χ3v) is 5.01. The molecule has 1 amide bonds. The Morgan fingerprint density at radius 3 is 2.79 bits per heavy atom. The van der Waals surface area contributed by atoms with Gasteiger partial charge in [0.25, 0.3) is 0 Å². The van der Waals surface area contributed by atoms with Crippen molar-refractivity contribution in [1.82, 2.24) is 9.88 Å². The SMILES string of the molecule is Cc1ccc(CC(=O)N2Cc3cccc(Br)c3CC2C(=O)O)cn1. The number of fused-ring (bicyclic) bond motifs is 1. The van der Waals surface area contributed by atoms with Crippen molar-refractivity contribution in [3.05, 3.63) is 63.4 Å². The largest absolute Gasteiger partial charge is 0.480 e. The maximum absolute atomic E-state index is 12.7. The molecule has 124 valence electrons. The van der Waals surface area contributed by atoms with Crippen LogP contribution in [-0.4, -0.2) is 32.9 Å². The number of carbonyl (C=O) groups is 2. The number of halogens is 1. The molecule has 0 radical (unpaired) electrons. The summed E-state index contributed by atoms with van der Waals surface area (Å²) in [6.45, 7) is 2.19. The van der Waals surface area contributed by atoms with Crippen LogP contribution in [0.15, 0.2) is 41.0 Å². The molecule has 1 aliphatic rings. The van der Waals surface area contributed by atoms with E-state index in [1.54, 1.807) is 6.20 Å². The lowest BCUT2D eigenvalue weighted by Gasteiger charge is -2.35. The fourth-order valence-electron chi connectivity index (χ4n) is 2.94. The summed E-state index contributed by atoms with van der Waals surface area (Å²) in [5, 5.41) is 9.55. The summed E-state index contributed by atoms with van der Waals surface area (Å²) < 4.78 is 0.890. The molecular weight excluding hydrogens is 372 g/mol. The first-order valence-corrected chi connectivity index (χ1v) is 8.45. The Labute approximate surface area is 148 Å². The summed E-state index contributed by atoms with van der Waals surface area (Å²) >= 11 is 3.47. The number of hydrogen-bond acceptors (Lipinski definition) is 3. The molecule has 1 N–H and O–H groups in total. The Morgan fingerprint density at radius 2 is 2.12 bits per heavy atom. The standard InChI is InChI=1S/C18H17BrN2O3/c1-11-5-6-12(9-20-11)7-17(22)21-10-13-3-2-4-15(19)14(13)8-16(21)18(23)24/h2-6,9,16H,7-8,10H2,1H3,(H,23,24). The van der Waals surface area contributed by atoms with E-state index in [2.05, 4.69) is 20.9 Å². The number of benzene rings is 1. The second-order valence-corrected chi connectivity index (χ2v) is 6.80. The molecule has 1 atom stereocenters. The van der Waals surface area contributed by atoms with Crippen molar-refractivity contribution in [3.8, 4) is 0 Å². The smallest absolute Gasteiger partial charge is 0.326 e. The molecular formula is C18H17BrN2O3. The molecule has 3 rings (SSSR count). The maximum atomic E-state index is 12.7. The molecule has 1 unspecified atom stereocenters. The molecule has 24 heavy (non-hydrogen) atoms. The topological polar surface area (TPSA) is 70.5 Å². The summed E-state index contributed by atoms with van der Waals surface area (Å²) in [7, 11) is 0. The van der Waals surface area contributed by atoms with Crippen molar-refractivity contribution in [1.29, 1.82) is 0 Å². The van der Waals surface area contributed by atoms with Crippen LogP contribution in [0.2, 0.25) is 0 Å². The van der Waals surface area contributed by atoms with Crippen LogP contribution in [0.25, 0.3) is 0 Å². The van der Waals surface area contributed by atoms with Gasteiger partial charge in [-0.05, 0) is 35.7 Å². The highest BCUT2D eigenvalue weighted by molar-refractivity contribution is 9.10. The second kappa shape index (κ2) is 6.73. The maximum Gasteiger partial charge on any atom is 0.326 e. The molecule has 1 aromatic heterocycles. The van der Waals surface area contributed by atoms with Crippen LogP contribution in [0, 0.1) is 6.92 Å². The van der Waals surface area contributed by atoms with Crippen molar-refractivity contribution < 1.29 is 14.7 Å². The van der Waals surface area contributed by atoms with Crippen molar-refractivity contribution in [2.24, 2.45) is 0 Å². The number of carboxylic acid groups (broad SMARTS) is 1. The van der Waals surface area contributed by atoms with Gasteiger partial charge >= 0.3 is 5.97 Å². The van der Waals surface area contributed by atoms with Crippen LogP contribution >= 0.6 is 15.9 Å². The number of aromatic nitrogens is 1. The lowest BCUT2D eigenvalue weighted by atomic mass is 9.93. The van der Waals surface area contributed by atoms with Crippen LogP contribution in [0.1, 0.15) is 22.4 Å². The van der Waals surface area contributed by atoms with E-state index >= 15 is 0 Å². The average molecular weight is 389 g/mol. The van der Waals surface area contributed by atoms with Crippen LogP contribution in [0.5, 0.6) is 0 Å². The quantitative estimate of drug-likeness (QED) is 0.877. The number of aryl methyl sites for hydroxylation is 1. The fraction of sp³-hybridized carbons (Fsp3) is 0.278. The van der Waals surface area contributed by atoms with E-state index in [1.165, 1.54) is 4.90 Å².